The smallest absolute Gasteiger partial charge is 0.255 e. The number of aryl methyl sites for hydroxylation is 1. The molecule has 1 atom stereocenters. The first-order valence-electron chi connectivity index (χ1n) is 6.68. The normalized spacial score (nSPS) is 12.3. The van der Waals surface area contributed by atoms with Crippen molar-refractivity contribution in [2.45, 2.75) is 25.1 Å². The molecule has 2 rings (SSSR count). The van der Waals surface area contributed by atoms with Crippen molar-refractivity contribution in [1.82, 2.24) is 10.3 Å². The topological polar surface area (TPSA) is 47.3 Å². The van der Waals surface area contributed by atoms with Crippen LogP contribution >= 0.6 is 11.8 Å². The van der Waals surface area contributed by atoms with Gasteiger partial charge in [-0.05, 0) is 27.0 Å². The van der Waals surface area contributed by atoms with Gasteiger partial charge in [-0.3, -0.25) is 0 Å². The largest absolute Gasteiger partial charge is 0.494 e. The van der Waals surface area contributed by atoms with E-state index in [-0.39, 0.29) is 6.04 Å². The molecule has 0 spiro atoms. The van der Waals surface area contributed by atoms with Crippen LogP contribution in [-0.2, 0) is 0 Å². The first-order chi connectivity index (χ1) is 9.74. The second-order valence-electron chi connectivity index (χ2n) is 4.38. The maximum absolute atomic E-state index is 5.69. The predicted octanol–water partition coefficient (Wildman–Crippen LogP) is 3.43. The SMILES string of the molecule is CCOc1ccccc1C(CSc1nc(C)co1)NC. The molecule has 1 unspecified atom stereocenters. The lowest BCUT2D eigenvalue weighted by atomic mass is 10.1. The Bertz CT molecular complexity index is 542. The molecule has 20 heavy (non-hydrogen) atoms. The van der Waals surface area contributed by atoms with E-state index >= 15 is 0 Å². The Hall–Kier alpha value is -1.46. The molecule has 0 fully saturated rings. The zero-order valence-corrected chi connectivity index (χ0v) is 12.9. The summed E-state index contributed by atoms with van der Waals surface area (Å²) in [5.41, 5.74) is 2.07. The maximum Gasteiger partial charge on any atom is 0.255 e. The van der Waals surface area contributed by atoms with E-state index in [1.807, 2.05) is 39.1 Å². The van der Waals surface area contributed by atoms with Crippen LogP contribution in [-0.4, -0.2) is 24.4 Å². The van der Waals surface area contributed by atoms with Crippen molar-refractivity contribution in [2.24, 2.45) is 0 Å². The molecule has 108 valence electrons. The number of para-hydroxylation sites is 1. The summed E-state index contributed by atoms with van der Waals surface area (Å²) in [6.45, 7) is 4.59. The lowest BCUT2D eigenvalue weighted by Gasteiger charge is -2.18. The van der Waals surface area contributed by atoms with Gasteiger partial charge in [-0.15, -0.1) is 0 Å². The fourth-order valence-electron chi connectivity index (χ4n) is 1.94. The van der Waals surface area contributed by atoms with Gasteiger partial charge >= 0.3 is 0 Å². The Balaban J connectivity index is 2.07. The Morgan fingerprint density at radius 3 is 2.85 bits per heavy atom. The van der Waals surface area contributed by atoms with E-state index in [0.717, 1.165) is 22.8 Å². The van der Waals surface area contributed by atoms with Gasteiger partial charge in [0.1, 0.15) is 12.0 Å². The predicted molar refractivity (Wildman–Crippen MR) is 81.4 cm³/mol. The number of hydrogen-bond donors (Lipinski definition) is 1. The summed E-state index contributed by atoms with van der Waals surface area (Å²) in [6.07, 6.45) is 1.67. The molecular formula is C15H20N2O2S. The zero-order valence-electron chi connectivity index (χ0n) is 12.1. The number of benzene rings is 1. The number of ether oxygens (including phenoxy) is 1. The average molecular weight is 292 g/mol. The van der Waals surface area contributed by atoms with Crippen molar-refractivity contribution in [1.29, 1.82) is 0 Å². The summed E-state index contributed by atoms with van der Waals surface area (Å²) in [5, 5.41) is 4.03. The molecular weight excluding hydrogens is 272 g/mol. The zero-order chi connectivity index (χ0) is 14.4. The molecule has 0 saturated heterocycles. The van der Waals surface area contributed by atoms with Gasteiger partial charge in [-0.2, -0.15) is 0 Å². The first kappa shape index (κ1) is 14.9. The second kappa shape index (κ2) is 7.36. The maximum atomic E-state index is 5.69. The monoisotopic (exact) mass is 292 g/mol. The van der Waals surface area contributed by atoms with Gasteiger partial charge in [-0.1, -0.05) is 30.0 Å². The van der Waals surface area contributed by atoms with Crippen molar-refractivity contribution in [2.75, 3.05) is 19.4 Å². The van der Waals surface area contributed by atoms with Crippen molar-refractivity contribution in [3.05, 3.63) is 41.8 Å². The van der Waals surface area contributed by atoms with Crippen molar-refractivity contribution in [3.8, 4) is 5.75 Å². The highest BCUT2D eigenvalue weighted by atomic mass is 32.2. The standard InChI is InChI=1S/C15H20N2O2S/c1-4-18-14-8-6-5-7-12(14)13(16-3)10-20-15-17-11(2)9-19-15/h5-9,13,16H,4,10H2,1-3H3. The lowest BCUT2D eigenvalue weighted by molar-refractivity contribution is 0.333. The van der Waals surface area contributed by atoms with Crippen molar-refractivity contribution < 1.29 is 9.15 Å². The number of oxazole rings is 1. The first-order valence-corrected chi connectivity index (χ1v) is 7.67. The van der Waals surface area contributed by atoms with Gasteiger partial charge in [0.15, 0.2) is 0 Å². The van der Waals surface area contributed by atoms with Crippen LogP contribution < -0.4 is 10.1 Å². The summed E-state index contributed by atoms with van der Waals surface area (Å²) in [6, 6.07) is 8.31. The fourth-order valence-corrected chi connectivity index (χ4v) is 2.92. The van der Waals surface area contributed by atoms with E-state index in [4.69, 9.17) is 9.15 Å². The molecule has 1 aromatic carbocycles. The molecule has 4 nitrogen and oxygen atoms in total. The number of hydrogen-bond acceptors (Lipinski definition) is 5. The number of nitrogens with one attached hydrogen (secondary N) is 1. The van der Waals surface area contributed by atoms with Gasteiger partial charge in [0.05, 0.1) is 12.3 Å². The summed E-state index contributed by atoms with van der Waals surface area (Å²) in [7, 11) is 1.95. The van der Waals surface area contributed by atoms with E-state index in [1.165, 1.54) is 0 Å². The van der Waals surface area contributed by atoms with Crippen molar-refractivity contribution in [3.63, 3.8) is 0 Å². The van der Waals surface area contributed by atoms with Gasteiger partial charge in [0.2, 0.25) is 0 Å². The molecule has 1 aromatic heterocycles. The summed E-state index contributed by atoms with van der Waals surface area (Å²) in [4.78, 5) is 4.31. The molecule has 2 aromatic rings. The Kier molecular flexibility index (Phi) is 5.49. The van der Waals surface area contributed by atoms with Crippen LogP contribution in [0.15, 0.2) is 40.2 Å². The number of aromatic nitrogens is 1. The molecule has 0 aliphatic rings. The second-order valence-corrected chi connectivity index (χ2v) is 5.35. The minimum atomic E-state index is 0.190. The molecule has 0 aliphatic carbocycles. The van der Waals surface area contributed by atoms with Crippen LogP contribution in [0.3, 0.4) is 0 Å². The Labute approximate surface area is 123 Å². The summed E-state index contributed by atoms with van der Waals surface area (Å²) >= 11 is 1.60. The van der Waals surface area contributed by atoms with Gasteiger partial charge in [0, 0.05) is 17.4 Å². The number of nitrogens with zero attached hydrogens (tertiary/aromatic N) is 1. The molecule has 0 radical (unpaired) electrons. The van der Waals surface area contributed by atoms with E-state index in [1.54, 1.807) is 18.0 Å². The van der Waals surface area contributed by atoms with Gasteiger partial charge in [-0.25, -0.2) is 4.98 Å². The molecule has 0 saturated carbocycles. The molecule has 0 bridgehead atoms. The quantitative estimate of drug-likeness (QED) is 0.792. The minimum absolute atomic E-state index is 0.190. The highest BCUT2D eigenvalue weighted by Crippen LogP contribution is 2.29. The van der Waals surface area contributed by atoms with Crippen LogP contribution in [0.5, 0.6) is 5.75 Å². The molecule has 1 heterocycles. The Morgan fingerprint density at radius 1 is 1.40 bits per heavy atom. The van der Waals surface area contributed by atoms with Crippen LogP contribution in [0.1, 0.15) is 24.2 Å². The van der Waals surface area contributed by atoms with Gasteiger partial charge in [0.25, 0.3) is 5.22 Å². The van der Waals surface area contributed by atoms with E-state index in [0.29, 0.717) is 11.8 Å². The fraction of sp³-hybridized carbons (Fsp3) is 0.400. The van der Waals surface area contributed by atoms with Crippen molar-refractivity contribution >= 4 is 11.8 Å². The third-order valence-electron chi connectivity index (χ3n) is 2.91. The van der Waals surface area contributed by atoms with E-state index in [9.17, 15) is 0 Å². The average Bonchev–Trinajstić information content (AvgIpc) is 2.87. The third-order valence-corrected chi connectivity index (χ3v) is 3.85. The van der Waals surface area contributed by atoms with Crippen LogP contribution in [0.4, 0.5) is 0 Å². The molecule has 0 aliphatic heterocycles. The van der Waals surface area contributed by atoms with E-state index < -0.39 is 0 Å². The van der Waals surface area contributed by atoms with E-state index in [2.05, 4.69) is 16.4 Å². The molecule has 5 heteroatoms. The van der Waals surface area contributed by atoms with Crippen LogP contribution in [0.2, 0.25) is 0 Å². The molecule has 1 N–H and O–H groups in total. The highest BCUT2D eigenvalue weighted by molar-refractivity contribution is 7.99. The highest BCUT2D eigenvalue weighted by Gasteiger charge is 2.15. The van der Waals surface area contributed by atoms with Crippen LogP contribution in [0, 0.1) is 6.92 Å². The molecule has 0 amide bonds. The number of rotatable bonds is 7. The third kappa shape index (κ3) is 3.77. The van der Waals surface area contributed by atoms with Gasteiger partial charge < -0.3 is 14.5 Å². The Morgan fingerprint density at radius 2 is 2.20 bits per heavy atom. The summed E-state index contributed by atoms with van der Waals surface area (Å²) < 4.78 is 11.1. The summed E-state index contributed by atoms with van der Waals surface area (Å²) in [5.74, 6) is 1.76. The minimum Gasteiger partial charge on any atom is -0.494 e. The lowest BCUT2D eigenvalue weighted by Crippen LogP contribution is -2.19. The number of thioether (sulfide) groups is 1. The van der Waals surface area contributed by atoms with Crippen LogP contribution in [0.25, 0.3) is 0 Å².